The molecule has 1 N–H and O–H groups in total. The summed E-state index contributed by atoms with van der Waals surface area (Å²) in [5.74, 6) is -0.179. The van der Waals surface area contributed by atoms with Crippen molar-refractivity contribution in [1.82, 2.24) is 4.98 Å². The Labute approximate surface area is 140 Å². The lowest BCUT2D eigenvalue weighted by Crippen LogP contribution is -2.02. The fourth-order valence-electron chi connectivity index (χ4n) is 3.05. The molecule has 0 spiro atoms. The van der Waals surface area contributed by atoms with Crippen molar-refractivity contribution in [3.8, 4) is 17.0 Å². The summed E-state index contributed by atoms with van der Waals surface area (Å²) in [6.45, 7) is 5.88. The molecule has 1 aromatic heterocycles. The molecule has 0 amide bonds. The number of carboxylic acid groups (broad SMARTS) is 1. The van der Waals surface area contributed by atoms with Gasteiger partial charge < -0.3 is 9.84 Å². The third-order valence-corrected chi connectivity index (χ3v) is 4.19. The first-order valence-electron chi connectivity index (χ1n) is 7.71. The summed E-state index contributed by atoms with van der Waals surface area (Å²) in [6.07, 6.45) is 0. The van der Waals surface area contributed by atoms with E-state index in [9.17, 15) is 9.90 Å². The highest BCUT2D eigenvalue weighted by molar-refractivity contribution is 6.04. The van der Waals surface area contributed by atoms with Crippen LogP contribution in [0.3, 0.4) is 0 Å². The van der Waals surface area contributed by atoms with Crippen LogP contribution in [0.25, 0.3) is 22.2 Å². The third-order valence-electron chi connectivity index (χ3n) is 4.19. The third kappa shape index (κ3) is 2.71. The molecule has 2 aromatic carbocycles. The maximum Gasteiger partial charge on any atom is 0.336 e. The number of fused-ring (bicyclic) bond motifs is 1. The molecular formula is C20H19NO3. The van der Waals surface area contributed by atoms with Crippen LogP contribution < -0.4 is 4.74 Å². The second-order valence-corrected chi connectivity index (χ2v) is 6.02. The van der Waals surface area contributed by atoms with E-state index in [0.717, 1.165) is 33.5 Å². The Morgan fingerprint density at radius 1 is 1.04 bits per heavy atom. The highest BCUT2D eigenvalue weighted by Crippen LogP contribution is 2.30. The Morgan fingerprint density at radius 3 is 2.42 bits per heavy atom. The minimum Gasteiger partial charge on any atom is -0.497 e. The summed E-state index contributed by atoms with van der Waals surface area (Å²) in [4.78, 5) is 16.5. The zero-order valence-corrected chi connectivity index (χ0v) is 14.2. The van der Waals surface area contributed by atoms with Crippen molar-refractivity contribution < 1.29 is 14.6 Å². The molecular weight excluding hydrogens is 302 g/mol. The minimum atomic E-state index is -0.945. The van der Waals surface area contributed by atoms with Gasteiger partial charge in [-0.2, -0.15) is 0 Å². The smallest absolute Gasteiger partial charge is 0.336 e. The molecule has 0 aliphatic heterocycles. The van der Waals surface area contributed by atoms with Gasteiger partial charge in [0.2, 0.25) is 0 Å². The SMILES string of the molecule is COc1ccc(-c2cc(C(=O)O)c3cc(C)cc(C)c3n2)c(C)c1. The van der Waals surface area contributed by atoms with Crippen LogP contribution in [0.4, 0.5) is 0 Å². The molecule has 24 heavy (non-hydrogen) atoms. The van der Waals surface area contributed by atoms with Crippen molar-refractivity contribution in [2.45, 2.75) is 20.8 Å². The first-order valence-corrected chi connectivity index (χ1v) is 7.71. The van der Waals surface area contributed by atoms with E-state index < -0.39 is 5.97 Å². The number of methoxy groups -OCH3 is 1. The van der Waals surface area contributed by atoms with Crippen LogP contribution in [0.5, 0.6) is 5.75 Å². The predicted molar refractivity (Wildman–Crippen MR) is 94.9 cm³/mol. The fraction of sp³-hybridized carbons (Fsp3) is 0.200. The van der Waals surface area contributed by atoms with Gasteiger partial charge in [-0.1, -0.05) is 11.6 Å². The molecule has 0 aliphatic carbocycles. The van der Waals surface area contributed by atoms with Gasteiger partial charge in [-0.15, -0.1) is 0 Å². The molecule has 0 fully saturated rings. The van der Waals surface area contributed by atoms with Gasteiger partial charge in [0, 0.05) is 10.9 Å². The quantitative estimate of drug-likeness (QED) is 0.769. The molecule has 0 atom stereocenters. The summed E-state index contributed by atoms with van der Waals surface area (Å²) >= 11 is 0. The van der Waals surface area contributed by atoms with Crippen LogP contribution in [0.1, 0.15) is 27.0 Å². The standard InChI is InChI=1S/C20H19NO3/c1-11-7-13(3)19-16(8-11)17(20(22)23)10-18(21-19)15-6-5-14(24-4)9-12(15)2/h5-10H,1-4H3,(H,22,23). The number of benzene rings is 2. The van der Waals surface area contributed by atoms with Gasteiger partial charge in [0.15, 0.2) is 0 Å². The maximum atomic E-state index is 11.8. The van der Waals surface area contributed by atoms with Crippen LogP contribution in [0.2, 0.25) is 0 Å². The van der Waals surface area contributed by atoms with Gasteiger partial charge >= 0.3 is 5.97 Å². The minimum absolute atomic E-state index is 0.275. The van der Waals surface area contributed by atoms with Crippen LogP contribution in [-0.4, -0.2) is 23.2 Å². The van der Waals surface area contributed by atoms with Gasteiger partial charge in [-0.3, -0.25) is 0 Å². The topological polar surface area (TPSA) is 59.4 Å². The van der Waals surface area contributed by atoms with Gasteiger partial charge in [0.05, 0.1) is 23.9 Å². The van der Waals surface area contributed by atoms with Crippen LogP contribution in [-0.2, 0) is 0 Å². The highest BCUT2D eigenvalue weighted by Gasteiger charge is 2.16. The highest BCUT2D eigenvalue weighted by atomic mass is 16.5. The van der Waals surface area contributed by atoms with E-state index in [4.69, 9.17) is 9.72 Å². The molecule has 0 radical (unpaired) electrons. The number of carboxylic acids is 1. The summed E-state index contributed by atoms with van der Waals surface area (Å²) in [5, 5.41) is 10.3. The molecule has 3 rings (SSSR count). The monoisotopic (exact) mass is 321 g/mol. The van der Waals surface area contributed by atoms with E-state index in [0.29, 0.717) is 11.1 Å². The van der Waals surface area contributed by atoms with Crippen molar-refractivity contribution in [3.05, 3.63) is 58.7 Å². The molecule has 0 saturated carbocycles. The Hall–Kier alpha value is -2.88. The Kier molecular flexibility index (Phi) is 3.97. The van der Waals surface area contributed by atoms with Gasteiger partial charge in [0.1, 0.15) is 5.75 Å². The van der Waals surface area contributed by atoms with E-state index >= 15 is 0 Å². The number of hydrogen-bond acceptors (Lipinski definition) is 3. The molecule has 4 nitrogen and oxygen atoms in total. The van der Waals surface area contributed by atoms with Gasteiger partial charge in [-0.05, 0) is 62.2 Å². The first-order chi connectivity index (χ1) is 11.4. The number of pyridine rings is 1. The molecule has 1 heterocycles. The number of aryl methyl sites for hydroxylation is 3. The number of aromatic nitrogens is 1. The van der Waals surface area contributed by atoms with Crippen molar-refractivity contribution in [2.75, 3.05) is 7.11 Å². The number of carbonyl (C=O) groups is 1. The van der Waals surface area contributed by atoms with Crippen molar-refractivity contribution in [3.63, 3.8) is 0 Å². The van der Waals surface area contributed by atoms with E-state index in [1.54, 1.807) is 13.2 Å². The molecule has 3 aromatic rings. The average Bonchev–Trinajstić information content (AvgIpc) is 2.53. The maximum absolute atomic E-state index is 11.8. The van der Waals surface area contributed by atoms with Gasteiger partial charge in [0.25, 0.3) is 0 Å². The molecule has 4 heteroatoms. The zero-order valence-electron chi connectivity index (χ0n) is 14.2. The zero-order chi connectivity index (χ0) is 17.4. The summed E-state index contributed by atoms with van der Waals surface area (Å²) in [5.41, 5.74) is 5.55. The lowest BCUT2D eigenvalue weighted by atomic mass is 9.98. The largest absolute Gasteiger partial charge is 0.497 e. The second-order valence-electron chi connectivity index (χ2n) is 6.02. The summed E-state index contributed by atoms with van der Waals surface area (Å²) in [6, 6.07) is 11.2. The molecule has 0 bridgehead atoms. The normalized spacial score (nSPS) is 10.8. The van der Waals surface area contributed by atoms with Crippen LogP contribution in [0.15, 0.2) is 36.4 Å². The number of hydrogen-bond donors (Lipinski definition) is 1. The van der Waals surface area contributed by atoms with E-state index in [1.807, 2.05) is 51.1 Å². The van der Waals surface area contributed by atoms with Crippen LogP contribution >= 0.6 is 0 Å². The van der Waals surface area contributed by atoms with Crippen molar-refractivity contribution in [2.24, 2.45) is 0 Å². The van der Waals surface area contributed by atoms with E-state index in [1.165, 1.54) is 0 Å². The summed E-state index contributed by atoms with van der Waals surface area (Å²) < 4.78 is 5.24. The summed E-state index contributed by atoms with van der Waals surface area (Å²) in [7, 11) is 1.62. The number of rotatable bonds is 3. The van der Waals surface area contributed by atoms with Crippen LogP contribution in [0, 0.1) is 20.8 Å². The van der Waals surface area contributed by atoms with Gasteiger partial charge in [-0.25, -0.2) is 9.78 Å². The molecule has 122 valence electrons. The number of nitrogens with zero attached hydrogens (tertiary/aromatic N) is 1. The molecule has 0 aliphatic rings. The molecule has 0 saturated heterocycles. The van der Waals surface area contributed by atoms with E-state index in [-0.39, 0.29) is 5.56 Å². The predicted octanol–water partition coefficient (Wildman–Crippen LogP) is 4.53. The Morgan fingerprint density at radius 2 is 1.79 bits per heavy atom. The first kappa shape index (κ1) is 16.0. The fourth-order valence-corrected chi connectivity index (χ4v) is 3.05. The second kappa shape index (κ2) is 5.96. The van der Waals surface area contributed by atoms with Crippen molar-refractivity contribution in [1.29, 1.82) is 0 Å². The lowest BCUT2D eigenvalue weighted by Gasteiger charge is -2.12. The Bertz CT molecular complexity index is 961. The Balaban J connectivity index is 2.32. The lowest BCUT2D eigenvalue weighted by molar-refractivity contribution is 0.0699. The number of aromatic carboxylic acids is 1. The average molecular weight is 321 g/mol. The van der Waals surface area contributed by atoms with E-state index in [2.05, 4.69) is 0 Å². The van der Waals surface area contributed by atoms with Crippen molar-refractivity contribution >= 4 is 16.9 Å². The number of ether oxygens (including phenoxy) is 1. The molecule has 0 unspecified atom stereocenters.